The van der Waals surface area contributed by atoms with Gasteiger partial charge in [-0.25, -0.2) is 9.59 Å². The van der Waals surface area contributed by atoms with Crippen molar-refractivity contribution in [3.63, 3.8) is 0 Å². The van der Waals surface area contributed by atoms with Crippen molar-refractivity contribution < 1.29 is 68.6 Å². The number of esters is 3. The second-order valence-electron chi connectivity index (χ2n) is 5.80. The Labute approximate surface area is 161 Å². The summed E-state index contributed by atoms with van der Waals surface area (Å²) in [5, 5.41) is 45.6. The highest BCUT2D eigenvalue weighted by atomic mass is 16.6. The smallest absolute Gasteiger partial charge is 0.349 e. The second-order valence-corrected chi connectivity index (χ2v) is 5.80. The molecule has 0 aromatic carbocycles. The van der Waals surface area contributed by atoms with Gasteiger partial charge in [-0.3, -0.25) is 24.0 Å². The maximum Gasteiger partial charge on any atom is 0.349 e. The molecule has 5 N–H and O–H groups in total. The van der Waals surface area contributed by atoms with Gasteiger partial charge in [-0.1, -0.05) is 6.92 Å². The van der Waals surface area contributed by atoms with Crippen LogP contribution in [0.3, 0.4) is 0 Å². The van der Waals surface area contributed by atoms with E-state index in [0.717, 1.165) is 0 Å². The van der Waals surface area contributed by atoms with E-state index in [4.69, 9.17) is 15.3 Å². The number of hydrogen-bond donors (Lipinski definition) is 5. The molecule has 14 nitrogen and oxygen atoms in total. The highest BCUT2D eigenvalue weighted by Gasteiger charge is 2.50. The minimum absolute atomic E-state index is 0.286. The molecule has 0 amide bonds. The van der Waals surface area contributed by atoms with E-state index in [1.54, 1.807) is 0 Å². The standard InChI is InChI=1S/C15H18O14/c1-2-9(20)28-10(21)6-15(13(25)26,4-8(18)19)29-11(22)5-14(27,12(23)24)3-7(16)17/h27H,2-6H2,1H3,(H,16,17)(H,18,19)(H,23,24)(H,25,26). The van der Waals surface area contributed by atoms with Crippen LogP contribution in [0.1, 0.15) is 39.0 Å². The van der Waals surface area contributed by atoms with Gasteiger partial charge in [0.05, 0.1) is 25.7 Å². The number of aliphatic hydroxyl groups is 1. The summed E-state index contributed by atoms with van der Waals surface area (Å²) >= 11 is 0. The molecule has 0 saturated heterocycles. The zero-order chi connectivity index (χ0) is 23.0. The first kappa shape index (κ1) is 25.4. The summed E-state index contributed by atoms with van der Waals surface area (Å²) < 4.78 is 8.69. The Bertz CT molecular complexity index is 725. The Morgan fingerprint density at radius 1 is 0.690 bits per heavy atom. The molecule has 0 aliphatic carbocycles. The number of carbonyl (C=O) groups is 7. The number of hydrogen-bond acceptors (Lipinski definition) is 10. The van der Waals surface area contributed by atoms with Crippen molar-refractivity contribution in [2.45, 2.75) is 50.2 Å². The molecule has 0 spiro atoms. The fourth-order valence-corrected chi connectivity index (χ4v) is 2.00. The van der Waals surface area contributed by atoms with Crippen LogP contribution in [0.15, 0.2) is 0 Å². The maximum absolute atomic E-state index is 12.0. The topological polar surface area (TPSA) is 239 Å². The van der Waals surface area contributed by atoms with Gasteiger partial charge in [0.15, 0.2) is 5.60 Å². The van der Waals surface area contributed by atoms with Crippen LogP contribution in [0.5, 0.6) is 0 Å². The molecular formula is C15H18O14. The molecular weight excluding hydrogens is 404 g/mol. The summed E-state index contributed by atoms with van der Waals surface area (Å²) in [5.41, 5.74) is -6.31. The maximum atomic E-state index is 12.0. The molecule has 29 heavy (non-hydrogen) atoms. The summed E-state index contributed by atoms with van der Waals surface area (Å²) in [6.07, 6.45) is -6.26. The Balaban J connectivity index is 5.76. The van der Waals surface area contributed by atoms with Gasteiger partial charge in [-0.2, -0.15) is 0 Å². The number of carbonyl (C=O) groups excluding carboxylic acids is 3. The quantitative estimate of drug-likeness (QED) is 0.175. The van der Waals surface area contributed by atoms with Crippen LogP contribution < -0.4 is 0 Å². The highest BCUT2D eigenvalue weighted by Crippen LogP contribution is 2.26. The predicted molar refractivity (Wildman–Crippen MR) is 84.2 cm³/mol. The third-order valence-corrected chi connectivity index (χ3v) is 3.36. The molecule has 0 radical (unpaired) electrons. The first-order valence-electron chi connectivity index (χ1n) is 7.75. The van der Waals surface area contributed by atoms with E-state index in [2.05, 4.69) is 9.47 Å². The largest absolute Gasteiger partial charge is 0.481 e. The van der Waals surface area contributed by atoms with Crippen molar-refractivity contribution in [1.82, 2.24) is 0 Å². The molecule has 14 heteroatoms. The molecule has 0 aliphatic rings. The Hall–Kier alpha value is -3.55. The third kappa shape index (κ3) is 7.92. The molecule has 0 aliphatic heterocycles. The van der Waals surface area contributed by atoms with Crippen molar-refractivity contribution in [2.24, 2.45) is 0 Å². The van der Waals surface area contributed by atoms with Gasteiger partial charge in [-0.15, -0.1) is 0 Å². The first-order chi connectivity index (χ1) is 13.2. The molecule has 2 atom stereocenters. The molecule has 0 heterocycles. The van der Waals surface area contributed by atoms with Crippen molar-refractivity contribution >= 4 is 41.8 Å². The van der Waals surface area contributed by atoms with Crippen LogP contribution in [0.4, 0.5) is 0 Å². The molecule has 162 valence electrons. The van der Waals surface area contributed by atoms with E-state index < -0.39 is 78.7 Å². The summed E-state index contributed by atoms with van der Waals surface area (Å²) in [7, 11) is 0. The van der Waals surface area contributed by atoms with Gasteiger partial charge in [0, 0.05) is 6.42 Å². The molecule has 0 rings (SSSR count). The van der Waals surface area contributed by atoms with Crippen molar-refractivity contribution in [3.8, 4) is 0 Å². The summed E-state index contributed by atoms with van der Waals surface area (Å²) in [6.45, 7) is 1.30. The van der Waals surface area contributed by atoms with Crippen molar-refractivity contribution in [3.05, 3.63) is 0 Å². The van der Waals surface area contributed by atoms with Crippen LogP contribution in [-0.2, 0) is 43.0 Å². The van der Waals surface area contributed by atoms with E-state index in [0.29, 0.717) is 0 Å². The first-order valence-corrected chi connectivity index (χ1v) is 7.75. The number of aliphatic carboxylic acids is 4. The lowest BCUT2D eigenvalue weighted by Crippen LogP contribution is -2.50. The van der Waals surface area contributed by atoms with Gasteiger partial charge in [-0.05, 0) is 0 Å². The van der Waals surface area contributed by atoms with E-state index in [1.165, 1.54) is 6.92 Å². The third-order valence-electron chi connectivity index (χ3n) is 3.36. The Morgan fingerprint density at radius 3 is 1.59 bits per heavy atom. The monoisotopic (exact) mass is 422 g/mol. The fourth-order valence-electron chi connectivity index (χ4n) is 2.00. The minimum atomic E-state index is -3.20. The van der Waals surface area contributed by atoms with Gasteiger partial charge >= 0.3 is 41.8 Å². The predicted octanol–water partition coefficient (Wildman–Crippen LogP) is -1.62. The highest BCUT2D eigenvalue weighted by molar-refractivity contribution is 5.95. The van der Waals surface area contributed by atoms with Crippen molar-refractivity contribution in [2.75, 3.05) is 0 Å². The van der Waals surface area contributed by atoms with Crippen LogP contribution >= 0.6 is 0 Å². The molecule has 0 aromatic heterocycles. The molecule has 0 bridgehead atoms. The van der Waals surface area contributed by atoms with Gasteiger partial charge in [0.2, 0.25) is 5.60 Å². The number of ether oxygens (including phenoxy) is 2. The van der Waals surface area contributed by atoms with E-state index in [9.17, 15) is 43.8 Å². The Morgan fingerprint density at radius 2 is 1.21 bits per heavy atom. The zero-order valence-corrected chi connectivity index (χ0v) is 14.9. The summed E-state index contributed by atoms with van der Waals surface area (Å²) in [4.78, 5) is 79.1. The van der Waals surface area contributed by atoms with E-state index >= 15 is 0 Å². The van der Waals surface area contributed by atoms with E-state index in [1.807, 2.05) is 0 Å². The zero-order valence-electron chi connectivity index (χ0n) is 14.9. The van der Waals surface area contributed by atoms with Crippen LogP contribution in [-0.4, -0.2) is 78.5 Å². The normalized spacial score (nSPS) is 14.6. The lowest BCUT2D eigenvalue weighted by atomic mass is 9.93. The minimum Gasteiger partial charge on any atom is -0.481 e. The fraction of sp³-hybridized carbons (Fsp3) is 0.533. The molecule has 0 saturated carbocycles. The molecule has 2 unspecified atom stereocenters. The Kier molecular flexibility index (Phi) is 8.88. The lowest BCUT2D eigenvalue weighted by Gasteiger charge is -2.28. The average Bonchev–Trinajstić information content (AvgIpc) is 2.52. The van der Waals surface area contributed by atoms with Gasteiger partial charge in [0.25, 0.3) is 0 Å². The SMILES string of the molecule is CCC(=O)OC(=O)CC(CC(=O)O)(OC(=O)CC(O)(CC(=O)O)C(=O)O)C(=O)O. The summed E-state index contributed by atoms with van der Waals surface area (Å²) in [5.74, 6) is -12.4. The number of carboxylic acid groups (broad SMARTS) is 4. The number of carboxylic acids is 4. The lowest BCUT2D eigenvalue weighted by molar-refractivity contribution is -0.192. The van der Waals surface area contributed by atoms with Crippen LogP contribution in [0.25, 0.3) is 0 Å². The van der Waals surface area contributed by atoms with Gasteiger partial charge < -0.3 is 35.0 Å². The summed E-state index contributed by atoms with van der Waals surface area (Å²) in [6, 6.07) is 0. The van der Waals surface area contributed by atoms with Crippen molar-refractivity contribution in [1.29, 1.82) is 0 Å². The van der Waals surface area contributed by atoms with E-state index in [-0.39, 0.29) is 6.42 Å². The average molecular weight is 422 g/mol. The van der Waals surface area contributed by atoms with Crippen LogP contribution in [0.2, 0.25) is 0 Å². The number of rotatable bonds is 12. The molecule has 0 fully saturated rings. The second kappa shape index (κ2) is 10.1. The van der Waals surface area contributed by atoms with Gasteiger partial charge in [0.1, 0.15) is 0 Å². The molecule has 0 aromatic rings. The van der Waals surface area contributed by atoms with Crippen LogP contribution in [0, 0.1) is 0 Å².